The standard InChI is InChI=1S/C11H20N4/c1-9(2)5-6-15-8-11(13-14-15)7-12-10-3-4-10/h8-10,12H,3-7H2,1-2H3. The summed E-state index contributed by atoms with van der Waals surface area (Å²) in [5.74, 6) is 0.724. The molecular weight excluding hydrogens is 188 g/mol. The van der Waals surface area contributed by atoms with E-state index >= 15 is 0 Å². The molecule has 1 aromatic heterocycles. The third kappa shape index (κ3) is 3.63. The van der Waals surface area contributed by atoms with Gasteiger partial charge in [-0.05, 0) is 25.2 Å². The summed E-state index contributed by atoms with van der Waals surface area (Å²) < 4.78 is 1.95. The normalized spacial score (nSPS) is 16.2. The van der Waals surface area contributed by atoms with Crippen molar-refractivity contribution < 1.29 is 0 Å². The molecule has 0 radical (unpaired) electrons. The monoisotopic (exact) mass is 208 g/mol. The molecule has 1 heterocycles. The molecule has 0 spiro atoms. The van der Waals surface area contributed by atoms with Crippen LogP contribution >= 0.6 is 0 Å². The number of nitrogens with zero attached hydrogens (tertiary/aromatic N) is 3. The Morgan fingerprint density at radius 2 is 2.33 bits per heavy atom. The Morgan fingerprint density at radius 3 is 3.00 bits per heavy atom. The molecule has 0 unspecified atom stereocenters. The number of nitrogens with one attached hydrogen (secondary N) is 1. The highest BCUT2D eigenvalue weighted by Gasteiger charge is 2.20. The van der Waals surface area contributed by atoms with Crippen molar-refractivity contribution >= 4 is 0 Å². The first-order valence-electron chi connectivity index (χ1n) is 5.86. The lowest BCUT2D eigenvalue weighted by Crippen LogP contribution is -2.15. The second-order valence-electron chi connectivity index (χ2n) is 4.81. The molecule has 0 atom stereocenters. The van der Waals surface area contributed by atoms with Crippen LogP contribution in [0.2, 0.25) is 0 Å². The summed E-state index contributed by atoms with van der Waals surface area (Å²) in [5.41, 5.74) is 1.06. The fourth-order valence-corrected chi connectivity index (χ4v) is 1.46. The van der Waals surface area contributed by atoms with E-state index in [-0.39, 0.29) is 0 Å². The molecule has 0 aromatic carbocycles. The van der Waals surface area contributed by atoms with E-state index in [0.29, 0.717) is 0 Å². The summed E-state index contributed by atoms with van der Waals surface area (Å²) in [5, 5.41) is 11.7. The van der Waals surface area contributed by atoms with Gasteiger partial charge in [0.25, 0.3) is 0 Å². The minimum atomic E-state index is 0.724. The Morgan fingerprint density at radius 1 is 1.53 bits per heavy atom. The maximum atomic E-state index is 4.14. The van der Waals surface area contributed by atoms with Crippen molar-refractivity contribution in [2.45, 2.75) is 52.2 Å². The van der Waals surface area contributed by atoms with E-state index in [1.807, 2.05) is 4.68 Å². The third-order valence-electron chi connectivity index (χ3n) is 2.67. The molecule has 4 heteroatoms. The van der Waals surface area contributed by atoms with Gasteiger partial charge in [0.15, 0.2) is 0 Å². The highest BCUT2D eigenvalue weighted by atomic mass is 15.4. The van der Waals surface area contributed by atoms with Gasteiger partial charge < -0.3 is 5.32 Å². The first kappa shape index (κ1) is 10.6. The predicted molar refractivity (Wildman–Crippen MR) is 59.3 cm³/mol. The molecule has 2 rings (SSSR count). The molecular formula is C11H20N4. The Balaban J connectivity index is 1.75. The maximum Gasteiger partial charge on any atom is 0.0964 e. The van der Waals surface area contributed by atoms with Crippen LogP contribution in [0.4, 0.5) is 0 Å². The Labute approximate surface area is 91.1 Å². The lowest BCUT2D eigenvalue weighted by molar-refractivity contribution is 0.478. The Hall–Kier alpha value is -0.900. The molecule has 1 fully saturated rings. The van der Waals surface area contributed by atoms with Crippen molar-refractivity contribution in [1.29, 1.82) is 0 Å². The molecule has 1 saturated carbocycles. The molecule has 0 bridgehead atoms. The van der Waals surface area contributed by atoms with E-state index in [4.69, 9.17) is 0 Å². The molecule has 1 aliphatic carbocycles. The summed E-state index contributed by atoms with van der Waals surface area (Å²) in [7, 11) is 0. The van der Waals surface area contributed by atoms with E-state index in [2.05, 4.69) is 35.7 Å². The van der Waals surface area contributed by atoms with Crippen molar-refractivity contribution in [3.8, 4) is 0 Å². The van der Waals surface area contributed by atoms with Gasteiger partial charge in [0, 0.05) is 25.3 Å². The zero-order valence-electron chi connectivity index (χ0n) is 9.61. The molecule has 4 nitrogen and oxygen atoms in total. The number of aromatic nitrogens is 3. The van der Waals surface area contributed by atoms with Gasteiger partial charge in [0.1, 0.15) is 0 Å². The highest BCUT2D eigenvalue weighted by Crippen LogP contribution is 2.18. The summed E-state index contributed by atoms with van der Waals surface area (Å²) in [4.78, 5) is 0. The largest absolute Gasteiger partial charge is 0.308 e. The number of rotatable bonds is 6. The van der Waals surface area contributed by atoms with Gasteiger partial charge >= 0.3 is 0 Å². The van der Waals surface area contributed by atoms with Crippen LogP contribution in [0, 0.1) is 5.92 Å². The van der Waals surface area contributed by atoms with Gasteiger partial charge in [-0.25, -0.2) is 0 Å². The molecule has 1 aliphatic rings. The van der Waals surface area contributed by atoms with Gasteiger partial charge in [-0.2, -0.15) is 0 Å². The van der Waals surface area contributed by atoms with Crippen LogP contribution in [-0.4, -0.2) is 21.0 Å². The van der Waals surface area contributed by atoms with Crippen LogP contribution in [0.5, 0.6) is 0 Å². The predicted octanol–water partition coefficient (Wildman–Crippen LogP) is 1.58. The fraction of sp³-hybridized carbons (Fsp3) is 0.818. The maximum absolute atomic E-state index is 4.14. The van der Waals surface area contributed by atoms with Crippen LogP contribution in [0.15, 0.2) is 6.20 Å². The molecule has 84 valence electrons. The minimum absolute atomic E-state index is 0.724. The lowest BCUT2D eigenvalue weighted by atomic mass is 10.1. The molecule has 1 N–H and O–H groups in total. The van der Waals surface area contributed by atoms with Crippen molar-refractivity contribution in [2.75, 3.05) is 0 Å². The zero-order valence-corrected chi connectivity index (χ0v) is 9.61. The van der Waals surface area contributed by atoms with E-state index in [9.17, 15) is 0 Å². The lowest BCUT2D eigenvalue weighted by Gasteiger charge is -2.02. The number of hydrogen-bond acceptors (Lipinski definition) is 3. The second kappa shape index (κ2) is 4.75. The minimum Gasteiger partial charge on any atom is -0.308 e. The van der Waals surface area contributed by atoms with Crippen LogP contribution in [0.25, 0.3) is 0 Å². The molecule has 0 amide bonds. The zero-order chi connectivity index (χ0) is 10.7. The van der Waals surface area contributed by atoms with Gasteiger partial charge in [0.2, 0.25) is 0 Å². The SMILES string of the molecule is CC(C)CCn1cc(CNC2CC2)nn1. The first-order chi connectivity index (χ1) is 7.24. The van der Waals surface area contributed by atoms with Gasteiger partial charge in [-0.15, -0.1) is 5.10 Å². The topological polar surface area (TPSA) is 42.7 Å². The van der Waals surface area contributed by atoms with Gasteiger partial charge in [0.05, 0.1) is 5.69 Å². The molecule has 15 heavy (non-hydrogen) atoms. The van der Waals surface area contributed by atoms with Crippen molar-refractivity contribution in [2.24, 2.45) is 5.92 Å². The summed E-state index contributed by atoms with van der Waals surface area (Å²) in [6, 6.07) is 0.741. The fourth-order valence-electron chi connectivity index (χ4n) is 1.46. The summed E-state index contributed by atoms with van der Waals surface area (Å²) in [6.07, 6.45) is 5.86. The van der Waals surface area contributed by atoms with Crippen LogP contribution in [0.1, 0.15) is 38.8 Å². The van der Waals surface area contributed by atoms with Crippen LogP contribution < -0.4 is 5.32 Å². The average Bonchev–Trinajstić information content (AvgIpc) is 2.92. The van der Waals surface area contributed by atoms with Crippen LogP contribution in [-0.2, 0) is 13.1 Å². The van der Waals surface area contributed by atoms with E-state index in [1.54, 1.807) is 0 Å². The summed E-state index contributed by atoms with van der Waals surface area (Å²) >= 11 is 0. The Bertz CT molecular complexity index is 281. The van der Waals surface area contributed by atoms with Crippen LogP contribution in [0.3, 0.4) is 0 Å². The number of aryl methyl sites for hydroxylation is 1. The molecule has 0 saturated heterocycles. The van der Waals surface area contributed by atoms with E-state index < -0.39 is 0 Å². The highest BCUT2D eigenvalue weighted by molar-refractivity contribution is 4.94. The molecule has 0 aliphatic heterocycles. The molecule has 1 aromatic rings. The first-order valence-corrected chi connectivity index (χ1v) is 5.86. The second-order valence-corrected chi connectivity index (χ2v) is 4.81. The Kier molecular flexibility index (Phi) is 3.36. The van der Waals surface area contributed by atoms with E-state index in [1.165, 1.54) is 19.3 Å². The smallest absolute Gasteiger partial charge is 0.0964 e. The quantitative estimate of drug-likeness (QED) is 0.771. The van der Waals surface area contributed by atoms with Crippen molar-refractivity contribution in [3.63, 3.8) is 0 Å². The van der Waals surface area contributed by atoms with E-state index in [0.717, 1.165) is 30.7 Å². The van der Waals surface area contributed by atoms with Gasteiger partial charge in [-0.1, -0.05) is 19.1 Å². The van der Waals surface area contributed by atoms with Crippen molar-refractivity contribution in [3.05, 3.63) is 11.9 Å². The average molecular weight is 208 g/mol. The van der Waals surface area contributed by atoms with Crippen molar-refractivity contribution in [1.82, 2.24) is 20.3 Å². The number of hydrogen-bond donors (Lipinski definition) is 1. The van der Waals surface area contributed by atoms with Gasteiger partial charge in [-0.3, -0.25) is 4.68 Å². The summed E-state index contributed by atoms with van der Waals surface area (Å²) in [6.45, 7) is 6.30. The third-order valence-corrected chi connectivity index (χ3v) is 2.67.